The minimum absolute atomic E-state index is 0.0308. The second-order valence-electron chi connectivity index (χ2n) is 7.24. The van der Waals surface area contributed by atoms with Crippen molar-refractivity contribution >= 4 is 17.5 Å². The minimum Gasteiger partial charge on any atom is -0.366 e. The third-order valence-electron chi connectivity index (χ3n) is 5.14. The third kappa shape index (κ3) is 4.71. The maximum Gasteiger partial charge on any atom is 0.255 e. The van der Waals surface area contributed by atoms with Crippen molar-refractivity contribution in [2.75, 3.05) is 36.4 Å². The van der Waals surface area contributed by atoms with Crippen molar-refractivity contribution in [1.82, 2.24) is 14.9 Å². The number of piperazine rings is 1. The Morgan fingerprint density at radius 2 is 1.76 bits per heavy atom. The van der Waals surface area contributed by atoms with Crippen molar-refractivity contribution in [2.24, 2.45) is 0 Å². The zero-order valence-corrected chi connectivity index (χ0v) is 16.6. The Kier molecular flexibility index (Phi) is 5.70. The van der Waals surface area contributed by atoms with Crippen LogP contribution in [-0.2, 0) is 6.54 Å². The standard InChI is InChI=1S/C23H25N5O/c1-18-5-7-19(8-6-18)16-25-21-10-9-20(17-26-21)23(29)28-14-12-27(13-15-28)22-4-2-3-11-24-22/h2-11,17H,12-16H2,1H3,(H,25,26). The zero-order chi connectivity index (χ0) is 20.1. The van der Waals surface area contributed by atoms with Crippen LogP contribution >= 0.6 is 0 Å². The largest absolute Gasteiger partial charge is 0.366 e. The van der Waals surface area contributed by atoms with Crippen LogP contribution in [0.15, 0.2) is 67.0 Å². The highest BCUT2D eigenvalue weighted by molar-refractivity contribution is 5.94. The number of carbonyl (C=O) groups excluding carboxylic acids is 1. The van der Waals surface area contributed by atoms with Crippen molar-refractivity contribution in [1.29, 1.82) is 0 Å². The van der Waals surface area contributed by atoms with Crippen molar-refractivity contribution in [3.63, 3.8) is 0 Å². The molecule has 29 heavy (non-hydrogen) atoms. The fourth-order valence-corrected chi connectivity index (χ4v) is 3.39. The number of hydrogen-bond acceptors (Lipinski definition) is 5. The smallest absolute Gasteiger partial charge is 0.255 e. The average Bonchev–Trinajstić information content (AvgIpc) is 2.79. The summed E-state index contributed by atoms with van der Waals surface area (Å²) in [7, 11) is 0. The number of rotatable bonds is 5. The molecule has 1 amide bonds. The van der Waals surface area contributed by atoms with Gasteiger partial charge in [-0.3, -0.25) is 4.79 Å². The molecule has 148 valence electrons. The summed E-state index contributed by atoms with van der Waals surface area (Å²) in [4.78, 5) is 25.7. The SMILES string of the molecule is Cc1ccc(CNc2ccc(C(=O)N3CCN(c4ccccn4)CC3)cn2)cc1. The predicted octanol–water partition coefficient (Wildman–Crippen LogP) is 3.36. The Labute approximate surface area is 171 Å². The van der Waals surface area contributed by atoms with E-state index in [1.54, 1.807) is 12.4 Å². The summed E-state index contributed by atoms with van der Waals surface area (Å²) in [5, 5.41) is 3.30. The molecule has 0 spiro atoms. The second kappa shape index (κ2) is 8.73. The Balaban J connectivity index is 1.31. The number of pyridine rings is 2. The number of aromatic nitrogens is 2. The first-order chi connectivity index (χ1) is 14.2. The predicted molar refractivity (Wildman–Crippen MR) is 115 cm³/mol. The monoisotopic (exact) mass is 387 g/mol. The van der Waals surface area contributed by atoms with E-state index in [4.69, 9.17) is 0 Å². The maximum absolute atomic E-state index is 12.8. The fraction of sp³-hybridized carbons (Fsp3) is 0.261. The van der Waals surface area contributed by atoms with Gasteiger partial charge in [0, 0.05) is 45.1 Å². The Morgan fingerprint density at radius 3 is 2.41 bits per heavy atom. The van der Waals surface area contributed by atoms with Crippen LogP contribution in [0.25, 0.3) is 0 Å². The molecule has 1 aliphatic rings. The molecular formula is C23H25N5O. The molecule has 1 N–H and O–H groups in total. The number of hydrogen-bond donors (Lipinski definition) is 1. The number of anilines is 2. The lowest BCUT2D eigenvalue weighted by atomic mass is 10.1. The molecule has 4 rings (SSSR count). The highest BCUT2D eigenvalue weighted by atomic mass is 16.2. The molecule has 0 radical (unpaired) electrons. The minimum atomic E-state index is 0.0308. The normalized spacial score (nSPS) is 14.0. The van der Waals surface area contributed by atoms with Crippen molar-refractivity contribution in [2.45, 2.75) is 13.5 Å². The van der Waals surface area contributed by atoms with E-state index >= 15 is 0 Å². The first-order valence-electron chi connectivity index (χ1n) is 9.90. The lowest BCUT2D eigenvalue weighted by Gasteiger charge is -2.35. The van der Waals surface area contributed by atoms with Crippen LogP contribution in [0.5, 0.6) is 0 Å². The molecule has 0 saturated carbocycles. The van der Waals surface area contributed by atoms with Gasteiger partial charge in [-0.15, -0.1) is 0 Å². The summed E-state index contributed by atoms with van der Waals surface area (Å²) in [6.45, 7) is 5.72. The number of carbonyl (C=O) groups is 1. The summed E-state index contributed by atoms with van der Waals surface area (Å²) in [6, 6.07) is 18.0. The lowest BCUT2D eigenvalue weighted by molar-refractivity contribution is 0.0746. The molecular weight excluding hydrogens is 362 g/mol. The van der Waals surface area contributed by atoms with Crippen molar-refractivity contribution < 1.29 is 4.79 Å². The summed E-state index contributed by atoms with van der Waals surface area (Å²) in [5.74, 6) is 1.76. The molecule has 1 fully saturated rings. The van der Waals surface area contributed by atoms with Gasteiger partial charge in [-0.25, -0.2) is 9.97 Å². The van der Waals surface area contributed by atoms with Gasteiger partial charge >= 0.3 is 0 Å². The molecule has 6 nitrogen and oxygen atoms in total. The number of nitrogens with zero attached hydrogens (tertiary/aromatic N) is 4. The highest BCUT2D eigenvalue weighted by Gasteiger charge is 2.22. The van der Waals surface area contributed by atoms with E-state index in [0.717, 1.165) is 24.7 Å². The Bertz CT molecular complexity index is 933. The van der Waals surface area contributed by atoms with E-state index in [-0.39, 0.29) is 5.91 Å². The quantitative estimate of drug-likeness (QED) is 0.727. The van der Waals surface area contributed by atoms with E-state index in [1.807, 2.05) is 35.2 Å². The average molecular weight is 387 g/mol. The molecule has 1 saturated heterocycles. The van der Waals surface area contributed by atoms with E-state index in [1.165, 1.54) is 11.1 Å². The number of amides is 1. The van der Waals surface area contributed by atoms with Gasteiger partial charge in [-0.1, -0.05) is 35.9 Å². The third-order valence-corrected chi connectivity index (χ3v) is 5.14. The van der Waals surface area contributed by atoms with Gasteiger partial charge in [0.05, 0.1) is 5.56 Å². The summed E-state index contributed by atoms with van der Waals surface area (Å²) < 4.78 is 0. The molecule has 0 unspecified atom stereocenters. The molecule has 3 heterocycles. The topological polar surface area (TPSA) is 61.4 Å². The molecule has 0 aliphatic carbocycles. The van der Waals surface area contributed by atoms with Crippen LogP contribution in [0, 0.1) is 6.92 Å². The van der Waals surface area contributed by atoms with E-state index in [2.05, 4.69) is 51.4 Å². The van der Waals surface area contributed by atoms with Crippen molar-refractivity contribution in [3.05, 3.63) is 83.7 Å². The summed E-state index contributed by atoms with van der Waals surface area (Å²) >= 11 is 0. The number of aryl methyl sites for hydroxylation is 1. The molecule has 3 aromatic rings. The van der Waals surface area contributed by atoms with Crippen LogP contribution in [0.1, 0.15) is 21.5 Å². The van der Waals surface area contributed by atoms with E-state index in [0.29, 0.717) is 25.2 Å². The number of benzene rings is 1. The molecule has 0 atom stereocenters. The molecule has 1 aliphatic heterocycles. The van der Waals surface area contributed by atoms with Gasteiger partial charge in [0.15, 0.2) is 0 Å². The lowest BCUT2D eigenvalue weighted by Crippen LogP contribution is -2.49. The van der Waals surface area contributed by atoms with Crippen LogP contribution in [0.3, 0.4) is 0 Å². The second-order valence-corrected chi connectivity index (χ2v) is 7.24. The van der Waals surface area contributed by atoms with Crippen LogP contribution in [-0.4, -0.2) is 47.0 Å². The Morgan fingerprint density at radius 1 is 0.966 bits per heavy atom. The van der Waals surface area contributed by atoms with Crippen LogP contribution in [0.2, 0.25) is 0 Å². The first kappa shape index (κ1) is 18.9. The summed E-state index contributed by atoms with van der Waals surface area (Å²) in [5.41, 5.74) is 3.07. The van der Waals surface area contributed by atoms with Gasteiger partial charge in [-0.2, -0.15) is 0 Å². The zero-order valence-electron chi connectivity index (χ0n) is 16.6. The molecule has 2 aromatic heterocycles. The van der Waals surface area contributed by atoms with Gasteiger partial charge in [-0.05, 0) is 36.8 Å². The molecule has 6 heteroatoms. The fourth-order valence-electron chi connectivity index (χ4n) is 3.39. The van der Waals surface area contributed by atoms with Gasteiger partial charge in [0.1, 0.15) is 11.6 Å². The van der Waals surface area contributed by atoms with Gasteiger partial charge in [0.2, 0.25) is 0 Å². The van der Waals surface area contributed by atoms with Crippen LogP contribution < -0.4 is 10.2 Å². The Hall–Kier alpha value is -3.41. The summed E-state index contributed by atoms with van der Waals surface area (Å²) in [6.07, 6.45) is 3.46. The van der Waals surface area contributed by atoms with Gasteiger partial charge < -0.3 is 15.1 Å². The van der Waals surface area contributed by atoms with Crippen molar-refractivity contribution in [3.8, 4) is 0 Å². The molecule has 0 bridgehead atoms. The number of nitrogens with one attached hydrogen (secondary N) is 1. The van der Waals surface area contributed by atoms with E-state index < -0.39 is 0 Å². The van der Waals surface area contributed by atoms with Crippen LogP contribution in [0.4, 0.5) is 11.6 Å². The highest BCUT2D eigenvalue weighted by Crippen LogP contribution is 2.15. The maximum atomic E-state index is 12.8. The van der Waals surface area contributed by atoms with Gasteiger partial charge in [0.25, 0.3) is 5.91 Å². The molecule has 1 aromatic carbocycles. The first-order valence-corrected chi connectivity index (χ1v) is 9.90. The van der Waals surface area contributed by atoms with E-state index in [9.17, 15) is 4.79 Å².